The Kier molecular flexibility index (Phi) is 2.80. The third-order valence-corrected chi connectivity index (χ3v) is 4.16. The zero-order chi connectivity index (χ0) is 15.4. The maximum absolute atomic E-state index is 12.4. The van der Waals surface area contributed by atoms with Crippen molar-refractivity contribution in [3.05, 3.63) is 35.4 Å². The Morgan fingerprint density at radius 3 is 2.62 bits per heavy atom. The second-order valence-corrected chi connectivity index (χ2v) is 6.75. The van der Waals surface area contributed by atoms with Crippen LogP contribution in [0.15, 0.2) is 24.3 Å². The number of carbonyl (C=O) groups excluding carboxylic acids is 1. The fourth-order valence-corrected chi connectivity index (χ4v) is 3.14. The molecule has 5 heteroatoms. The first-order valence-electron chi connectivity index (χ1n) is 7.07. The smallest absolute Gasteiger partial charge is 0.411 e. The molecule has 112 valence electrons. The molecule has 2 aliphatic rings. The first-order chi connectivity index (χ1) is 9.75. The zero-order valence-electron chi connectivity index (χ0n) is 12.4. The van der Waals surface area contributed by atoms with Crippen LogP contribution in [0.2, 0.25) is 0 Å². The summed E-state index contributed by atoms with van der Waals surface area (Å²) in [7, 11) is 0. The molecular formula is C16H19NO4. The number of carboxylic acids is 1. The molecule has 5 nitrogen and oxygen atoms in total. The molecule has 1 N–H and O–H groups in total. The monoisotopic (exact) mass is 289 g/mol. The second-order valence-electron chi connectivity index (χ2n) is 6.75. The van der Waals surface area contributed by atoms with Crippen molar-refractivity contribution in [1.29, 1.82) is 0 Å². The quantitative estimate of drug-likeness (QED) is 0.863. The summed E-state index contributed by atoms with van der Waals surface area (Å²) in [4.78, 5) is 25.6. The van der Waals surface area contributed by atoms with Gasteiger partial charge in [0.2, 0.25) is 0 Å². The molecule has 21 heavy (non-hydrogen) atoms. The summed E-state index contributed by atoms with van der Waals surface area (Å²) in [5.41, 5.74) is 0.275. The van der Waals surface area contributed by atoms with E-state index in [0.717, 1.165) is 11.1 Å². The van der Waals surface area contributed by atoms with E-state index in [4.69, 9.17) is 4.74 Å². The molecular weight excluding hydrogens is 270 g/mol. The minimum atomic E-state index is -1.13. The van der Waals surface area contributed by atoms with Gasteiger partial charge in [0.1, 0.15) is 5.60 Å². The largest absolute Gasteiger partial charge is 0.479 e. The maximum atomic E-state index is 12.4. The van der Waals surface area contributed by atoms with E-state index in [9.17, 15) is 14.7 Å². The lowest BCUT2D eigenvalue weighted by Gasteiger charge is -2.35. The van der Waals surface area contributed by atoms with Gasteiger partial charge in [-0.05, 0) is 38.3 Å². The minimum absolute atomic E-state index is 0.132. The predicted octanol–water partition coefficient (Wildman–Crippen LogP) is 2.75. The molecule has 0 saturated heterocycles. The molecule has 1 saturated carbocycles. The Balaban J connectivity index is 1.97. The molecule has 1 aliphatic carbocycles. The summed E-state index contributed by atoms with van der Waals surface area (Å²) in [6.45, 7) is 5.62. The normalized spacial score (nSPS) is 26.6. The topological polar surface area (TPSA) is 66.8 Å². The molecule has 0 radical (unpaired) electrons. The fourth-order valence-electron chi connectivity index (χ4n) is 3.14. The van der Waals surface area contributed by atoms with Crippen molar-refractivity contribution >= 4 is 12.1 Å². The maximum Gasteiger partial charge on any atom is 0.411 e. The Bertz CT molecular complexity index is 619. The van der Waals surface area contributed by atoms with Crippen molar-refractivity contribution in [2.24, 2.45) is 0 Å². The molecule has 2 atom stereocenters. The zero-order valence-corrected chi connectivity index (χ0v) is 12.4. The number of hydrogen-bond donors (Lipinski definition) is 1. The van der Waals surface area contributed by atoms with Crippen LogP contribution in [0.25, 0.3) is 0 Å². The number of ether oxygens (including phenoxy) is 1. The number of nitrogens with zero attached hydrogens (tertiary/aromatic N) is 1. The Morgan fingerprint density at radius 2 is 2.00 bits per heavy atom. The van der Waals surface area contributed by atoms with Gasteiger partial charge in [0.25, 0.3) is 0 Å². The average molecular weight is 289 g/mol. The van der Waals surface area contributed by atoms with Crippen LogP contribution in [0.3, 0.4) is 0 Å². The van der Waals surface area contributed by atoms with Gasteiger partial charge in [0, 0.05) is 5.92 Å². The highest BCUT2D eigenvalue weighted by Crippen LogP contribution is 2.60. The molecule has 0 bridgehead atoms. The van der Waals surface area contributed by atoms with E-state index in [1.165, 1.54) is 4.90 Å². The summed E-state index contributed by atoms with van der Waals surface area (Å²) in [6, 6.07) is 7.71. The van der Waals surface area contributed by atoms with Crippen molar-refractivity contribution in [3.63, 3.8) is 0 Å². The van der Waals surface area contributed by atoms with Crippen LogP contribution in [0.4, 0.5) is 4.79 Å². The van der Waals surface area contributed by atoms with E-state index in [1.807, 2.05) is 24.3 Å². The van der Waals surface area contributed by atoms with Gasteiger partial charge in [-0.3, -0.25) is 4.90 Å². The number of benzene rings is 1. The minimum Gasteiger partial charge on any atom is -0.479 e. The molecule has 1 amide bonds. The number of hydrogen-bond acceptors (Lipinski definition) is 3. The molecule has 1 aromatic carbocycles. The van der Waals surface area contributed by atoms with Gasteiger partial charge in [-0.1, -0.05) is 24.3 Å². The predicted molar refractivity (Wildman–Crippen MR) is 75.9 cm³/mol. The van der Waals surface area contributed by atoms with Crippen LogP contribution < -0.4 is 0 Å². The van der Waals surface area contributed by atoms with Crippen molar-refractivity contribution in [1.82, 2.24) is 4.90 Å². The number of aliphatic carboxylic acids is 1. The van der Waals surface area contributed by atoms with Gasteiger partial charge in [-0.25, -0.2) is 9.59 Å². The van der Waals surface area contributed by atoms with Crippen LogP contribution in [-0.4, -0.2) is 33.2 Å². The van der Waals surface area contributed by atoms with Gasteiger partial charge in [0.15, 0.2) is 5.54 Å². The van der Waals surface area contributed by atoms with Crippen LogP contribution in [0.5, 0.6) is 0 Å². The van der Waals surface area contributed by atoms with E-state index in [-0.39, 0.29) is 12.5 Å². The summed E-state index contributed by atoms with van der Waals surface area (Å²) in [5.74, 6) is -1.08. The summed E-state index contributed by atoms with van der Waals surface area (Å²) in [5, 5.41) is 9.63. The van der Waals surface area contributed by atoms with Gasteiger partial charge in [-0.15, -0.1) is 0 Å². The number of rotatable bonds is 1. The summed E-state index contributed by atoms with van der Waals surface area (Å²) in [6.07, 6.45) is -0.0969. The third kappa shape index (κ3) is 2.07. The van der Waals surface area contributed by atoms with Gasteiger partial charge < -0.3 is 9.84 Å². The second kappa shape index (κ2) is 4.23. The molecule has 1 aromatic rings. The third-order valence-electron chi connectivity index (χ3n) is 4.16. The lowest BCUT2D eigenvalue weighted by Crippen LogP contribution is -2.51. The molecule has 3 rings (SSSR count). The van der Waals surface area contributed by atoms with E-state index in [0.29, 0.717) is 6.42 Å². The fraction of sp³-hybridized carbons (Fsp3) is 0.500. The Hall–Kier alpha value is -2.04. The Morgan fingerprint density at radius 1 is 1.33 bits per heavy atom. The van der Waals surface area contributed by atoms with Crippen LogP contribution in [0.1, 0.15) is 44.2 Å². The highest BCUT2D eigenvalue weighted by molar-refractivity contribution is 5.91. The average Bonchev–Trinajstić information content (AvgIpc) is 3.12. The van der Waals surface area contributed by atoms with E-state index < -0.39 is 23.2 Å². The van der Waals surface area contributed by atoms with Crippen molar-refractivity contribution in [3.8, 4) is 0 Å². The highest BCUT2D eigenvalue weighted by Gasteiger charge is 2.69. The SMILES string of the molecule is CC(C)(C)OC(=O)N1Cc2ccccc2C2CC21C(=O)O. The standard InChI is InChI=1S/C16H19NO4/c1-15(2,3)21-14(20)17-9-10-6-4-5-7-11(10)12-8-16(12,17)13(18)19/h4-7,12H,8-9H2,1-3H3,(H,18,19). The molecule has 1 heterocycles. The van der Waals surface area contributed by atoms with E-state index in [2.05, 4.69) is 0 Å². The number of carbonyl (C=O) groups is 2. The van der Waals surface area contributed by atoms with Gasteiger partial charge >= 0.3 is 12.1 Å². The Labute approximate surface area is 123 Å². The molecule has 2 unspecified atom stereocenters. The molecule has 0 aromatic heterocycles. The number of carboxylic acid groups (broad SMARTS) is 1. The number of amides is 1. The summed E-state index contributed by atoms with van der Waals surface area (Å²) >= 11 is 0. The van der Waals surface area contributed by atoms with Crippen LogP contribution in [0, 0.1) is 0 Å². The first kappa shape index (κ1) is 13.9. The lowest BCUT2D eigenvalue weighted by molar-refractivity contribution is -0.145. The molecule has 1 fully saturated rings. The van der Waals surface area contributed by atoms with E-state index >= 15 is 0 Å². The number of fused-ring (bicyclic) bond motifs is 3. The highest BCUT2D eigenvalue weighted by atomic mass is 16.6. The molecule has 0 spiro atoms. The summed E-state index contributed by atoms with van der Waals surface area (Å²) < 4.78 is 5.39. The van der Waals surface area contributed by atoms with Crippen LogP contribution >= 0.6 is 0 Å². The molecule has 1 aliphatic heterocycles. The van der Waals surface area contributed by atoms with Crippen LogP contribution in [-0.2, 0) is 16.1 Å². The lowest BCUT2D eigenvalue weighted by atomic mass is 9.94. The van der Waals surface area contributed by atoms with Crippen molar-refractivity contribution < 1.29 is 19.4 Å². The van der Waals surface area contributed by atoms with Crippen molar-refractivity contribution in [2.75, 3.05) is 0 Å². The van der Waals surface area contributed by atoms with Gasteiger partial charge in [-0.2, -0.15) is 0 Å². The van der Waals surface area contributed by atoms with Crippen molar-refractivity contribution in [2.45, 2.75) is 50.8 Å². The van der Waals surface area contributed by atoms with E-state index in [1.54, 1.807) is 20.8 Å². The first-order valence-corrected chi connectivity index (χ1v) is 7.07. The van der Waals surface area contributed by atoms with Gasteiger partial charge in [0.05, 0.1) is 6.54 Å².